The third kappa shape index (κ3) is 5.69. The number of hydrogen-bond acceptors (Lipinski definition) is 4. The van der Waals surface area contributed by atoms with Crippen molar-refractivity contribution >= 4 is 10.0 Å². The zero-order valence-electron chi connectivity index (χ0n) is 14.9. The van der Waals surface area contributed by atoms with Gasteiger partial charge in [-0.1, -0.05) is 6.92 Å². The quantitative estimate of drug-likeness (QED) is 0.771. The van der Waals surface area contributed by atoms with E-state index in [4.69, 9.17) is 0 Å². The molecule has 1 aliphatic heterocycles. The van der Waals surface area contributed by atoms with Gasteiger partial charge in [-0.3, -0.25) is 0 Å². The van der Waals surface area contributed by atoms with E-state index in [-0.39, 0.29) is 5.25 Å². The van der Waals surface area contributed by atoms with Crippen molar-refractivity contribution in [2.75, 3.05) is 26.2 Å². The summed E-state index contributed by atoms with van der Waals surface area (Å²) in [6.07, 6.45) is 6.17. The normalized spacial score (nSPS) is 34.0. The number of piperidine rings is 1. The van der Waals surface area contributed by atoms with E-state index in [2.05, 4.69) is 16.5 Å². The van der Waals surface area contributed by atoms with Crippen molar-refractivity contribution in [2.45, 2.75) is 70.1 Å². The van der Waals surface area contributed by atoms with Crippen molar-refractivity contribution < 1.29 is 13.5 Å². The van der Waals surface area contributed by atoms with Gasteiger partial charge in [-0.25, -0.2) is 13.1 Å². The standard InChI is InChI=1S/C17H34N2O3S/c1-14(2)23(21,22)18-11-16-5-4-10-19(12-16)13-17(20)8-6-15(3)7-9-17/h14-16,18,20H,4-13H2,1-3H3/t15?,16-,17?/m0/s1. The maximum Gasteiger partial charge on any atom is 0.213 e. The van der Waals surface area contributed by atoms with Crippen LogP contribution < -0.4 is 4.72 Å². The molecule has 0 unspecified atom stereocenters. The summed E-state index contributed by atoms with van der Waals surface area (Å²) in [5.41, 5.74) is -0.536. The molecule has 1 saturated heterocycles. The molecule has 2 rings (SSSR count). The Bertz CT molecular complexity index is 470. The Kier molecular flexibility index (Phi) is 6.50. The first-order chi connectivity index (χ1) is 10.7. The molecule has 1 atom stereocenters. The Morgan fingerprint density at radius 1 is 1.26 bits per heavy atom. The maximum absolute atomic E-state index is 11.9. The molecule has 5 nitrogen and oxygen atoms in total. The molecular weight excluding hydrogens is 312 g/mol. The summed E-state index contributed by atoms with van der Waals surface area (Å²) in [6, 6.07) is 0. The highest BCUT2D eigenvalue weighted by Gasteiger charge is 2.35. The van der Waals surface area contributed by atoms with Gasteiger partial charge in [0, 0.05) is 19.6 Å². The summed E-state index contributed by atoms with van der Waals surface area (Å²) < 4.78 is 26.5. The van der Waals surface area contributed by atoms with Crippen molar-refractivity contribution in [3.63, 3.8) is 0 Å². The second-order valence-electron chi connectivity index (χ2n) is 8.09. The third-order valence-corrected chi connectivity index (χ3v) is 7.33. The average Bonchev–Trinajstić information content (AvgIpc) is 2.49. The number of aliphatic hydroxyl groups is 1. The minimum Gasteiger partial charge on any atom is -0.389 e. The van der Waals surface area contributed by atoms with Crippen LogP contribution in [-0.2, 0) is 10.0 Å². The first kappa shape index (κ1) is 19.2. The van der Waals surface area contributed by atoms with Crippen molar-refractivity contribution in [1.29, 1.82) is 0 Å². The van der Waals surface area contributed by atoms with Crippen LogP contribution in [0.3, 0.4) is 0 Å². The maximum atomic E-state index is 11.9. The molecule has 136 valence electrons. The van der Waals surface area contributed by atoms with Gasteiger partial charge in [0.05, 0.1) is 10.9 Å². The second kappa shape index (κ2) is 7.81. The predicted molar refractivity (Wildman–Crippen MR) is 93.8 cm³/mol. The topological polar surface area (TPSA) is 69.6 Å². The molecule has 1 saturated carbocycles. The first-order valence-electron chi connectivity index (χ1n) is 9.13. The van der Waals surface area contributed by atoms with Crippen LogP contribution >= 0.6 is 0 Å². The summed E-state index contributed by atoms with van der Waals surface area (Å²) in [6.45, 7) is 8.84. The largest absolute Gasteiger partial charge is 0.389 e. The number of likely N-dealkylation sites (tertiary alicyclic amines) is 1. The zero-order valence-corrected chi connectivity index (χ0v) is 15.7. The van der Waals surface area contributed by atoms with Crippen LogP contribution in [0.5, 0.6) is 0 Å². The predicted octanol–water partition coefficient (Wildman–Crippen LogP) is 1.97. The highest BCUT2D eigenvalue weighted by Crippen LogP contribution is 2.33. The fourth-order valence-corrected chi connectivity index (χ4v) is 4.54. The van der Waals surface area contributed by atoms with E-state index >= 15 is 0 Å². The van der Waals surface area contributed by atoms with Gasteiger partial charge in [-0.05, 0) is 70.8 Å². The second-order valence-corrected chi connectivity index (χ2v) is 10.4. The number of nitrogens with one attached hydrogen (secondary N) is 1. The molecule has 0 spiro atoms. The molecule has 2 aliphatic rings. The van der Waals surface area contributed by atoms with E-state index < -0.39 is 15.6 Å². The van der Waals surface area contributed by atoms with E-state index in [9.17, 15) is 13.5 Å². The Labute approximate surface area is 141 Å². The SMILES string of the molecule is CC1CCC(O)(CN2CCC[C@@H](CNS(=O)(=O)C(C)C)C2)CC1. The highest BCUT2D eigenvalue weighted by atomic mass is 32.2. The smallest absolute Gasteiger partial charge is 0.213 e. The molecule has 0 amide bonds. The molecule has 0 aromatic carbocycles. The van der Waals surface area contributed by atoms with Crippen molar-refractivity contribution in [3.8, 4) is 0 Å². The molecule has 0 aromatic rings. The van der Waals surface area contributed by atoms with Crippen LogP contribution in [0.15, 0.2) is 0 Å². The zero-order chi connectivity index (χ0) is 17.1. The fourth-order valence-electron chi connectivity index (χ4n) is 3.74. The fraction of sp³-hybridized carbons (Fsp3) is 1.00. The lowest BCUT2D eigenvalue weighted by Gasteiger charge is -2.41. The molecule has 0 radical (unpaired) electrons. The van der Waals surface area contributed by atoms with Crippen LogP contribution in [0, 0.1) is 11.8 Å². The lowest BCUT2D eigenvalue weighted by Crippen LogP contribution is -2.50. The Balaban J connectivity index is 1.81. The van der Waals surface area contributed by atoms with Gasteiger partial charge < -0.3 is 10.0 Å². The van der Waals surface area contributed by atoms with E-state index in [1.165, 1.54) is 0 Å². The van der Waals surface area contributed by atoms with E-state index in [0.717, 1.165) is 64.1 Å². The first-order valence-corrected chi connectivity index (χ1v) is 10.7. The number of hydrogen-bond donors (Lipinski definition) is 2. The molecule has 0 aromatic heterocycles. The Morgan fingerprint density at radius 3 is 2.52 bits per heavy atom. The number of sulfonamides is 1. The summed E-state index contributed by atoms with van der Waals surface area (Å²) in [7, 11) is -3.18. The molecular formula is C17H34N2O3S. The van der Waals surface area contributed by atoms with Gasteiger partial charge in [-0.2, -0.15) is 0 Å². The molecule has 1 aliphatic carbocycles. The summed E-state index contributed by atoms with van der Waals surface area (Å²) in [5, 5.41) is 10.4. The molecule has 2 N–H and O–H groups in total. The van der Waals surface area contributed by atoms with E-state index in [0.29, 0.717) is 12.5 Å². The number of β-amino-alcohol motifs (C(OH)–C–C–N with tert-alkyl or cyclic N) is 1. The molecule has 23 heavy (non-hydrogen) atoms. The molecule has 6 heteroatoms. The summed E-state index contributed by atoms with van der Waals surface area (Å²) >= 11 is 0. The van der Waals surface area contributed by atoms with Crippen LogP contribution in [0.4, 0.5) is 0 Å². The van der Waals surface area contributed by atoms with Crippen molar-refractivity contribution in [1.82, 2.24) is 9.62 Å². The lowest BCUT2D eigenvalue weighted by molar-refractivity contribution is -0.0421. The van der Waals surface area contributed by atoms with Gasteiger partial charge in [-0.15, -0.1) is 0 Å². The van der Waals surface area contributed by atoms with Crippen LogP contribution in [0.25, 0.3) is 0 Å². The van der Waals surface area contributed by atoms with Crippen LogP contribution in [-0.4, -0.2) is 55.5 Å². The Morgan fingerprint density at radius 2 is 1.91 bits per heavy atom. The summed E-state index contributed by atoms with van der Waals surface area (Å²) in [4.78, 5) is 2.34. The lowest BCUT2D eigenvalue weighted by atomic mass is 9.79. The minimum atomic E-state index is -3.18. The van der Waals surface area contributed by atoms with Crippen molar-refractivity contribution in [2.24, 2.45) is 11.8 Å². The highest BCUT2D eigenvalue weighted by molar-refractivity contribution is 7.90. The van der Waals surface area contributed by atoms with Crippen molar-refractivity contribution in [3.05, 3.63) is 0 Å². The van der Waals surface area contributed by atoms with Gasteiger partial charge in [0.15, 0.2) is 0 Å². The van der Waals surface area contributed by atoms with E-state index in [1.807, 2.05) is 0 Å². The van der Waals surface area contributed by atoms with E-state index in [1.54, 1.807) is 13.8 Å². The summed E-state index contributed by atoms with van der Waals surface area (Å²) in [5.74, 6) is 1.08. The Hall–Kier alpha value is -0.170. The van der Waals surface area contributed by atoms with Gasteiger partial charge in [0.1, 0.15) is 0 Å². The van der Waals surface area contributed by atoms with Gasteiger partial charge >= 0.3 is 0 Å². The molecule has 1 heterocycles. The molecule has 2 fully saturated rings. The van der Waals surface area contributed by atoms with Gasteiger partial charge in [0.2, 0.25) is 10.0 Å². The average molecular weight is 347 g/mol. The third-order valence-electron chi connectivity index (χ3n) is 5.52. The number of rotatable bonds is 6. The monoisotopic (exact) mass is 346 g/mol. The van der Waals surface area contributed by atoms with Crippen LogP contribution in [0.2, 0.25) is 0 Å². The molecule has 0 bridgehead atoms. The number of nitrogens with zero attached hydrogens (tertiary/aromatic N) is 1. The van der Waals surface area contributed by atoms with Gasteiger partial charge in [0.25, 0.3) is 0 Å². The minimum absolute atomic E-state index is 0.350. The van der Waals surface area contributed by atoms with Crippen LogP contribution in [0.1, 0.15) is 59.3 Å².